The molecular formula is C26H31FN6O3. The van der Waals surface area contributed by atoms with Crippen LogP contribution < -0.4 is 15.4 Å². The number of halogens is 1. The molecule has 1 spiro atoms. The van der Waals surface area contributed by atoms with E-state index in [9.17, 15) is 9.59 Å². The number of amides is 3. The van der Waals surface area contributed by atoms with Crippen LogP contribution in [0.2, 0.25) is 0 Å². The van der Waals surface area contributed by atoms with Gasteiger partial charge in [0.15, 0.2) is 0 Å². The minimum Gasteiger partial charge on any atom is -0.456 e. The summed E-state index contributed by atoms with van der Waals surface area (Å²) >= 11 is 0. The van der Waals surface area contributed by atoms with E-state index in [4.69, 9.17) is 10.1 Å². The molecule has 2 aromatic heterocycles. The number of carbonyl (C=O) groups is 2. The van der Waals surface area contributed by atoms with Crippen molar-refractivity contribution in [3.05, 3.63) is 48.6 Å². The maximum absolute atomic E-state index is 15.7. The van der Waals surface area contributed by atoms with E-state index in [2.05, 4.69) is 20.6 Å². The Balaban J connectivity index is 1.41. The quantitative estimate of drug-likeness (QED) is 0.470. The molecule has 0 radical (unpaired) electrons. The molecule has 4 rings (SSSR count). The zero-order valence-corrected chi connectivity index (χ0v) is 20.5. The first-order valence-electron chi connectivity index (χ1n) is 12.2. The summed E-state index contributed by atoms with van der Waals surface area (Å²) in [6.07, 6.45) is 8.91. The summed E-state index contributed by atoms with van der Waals surface area (Å²) in [5.41, 5.74) is -1.51. The Bertz CT molecular complexity index is 1170. The molecule has 3 heterocycles. The first-order chi connectivity index (χ1) is 17.4. The van der Waals surface area contributed by atoms with Crippen LogP contribution in [0.5, 0.6) is 11.5 Å². The van der Waals surface area contributed by atoms with Crippen LogP contribution in [0.3, 0.4) is 0 Å². The molecule has 1 aliphatic heterocycles. The van der Waals surface area contributed by atoms with Gasteiger partial charge >= 0.3 is 6.03 Å². The van der Waals surface area contributed by atoms with Crippen LogP contribution in [-0.4, -0.2) is 52.3 Å². The summed E-state index contributed by atoms with van der Waals surface area (Å²) in [6, 6.07) is 5.99. The Hall–Kier alpha value is -3.82. The van der Waals surface area contributed by atoms with E-state index in [1.807, 2.05) is 0 Å². The van der Waals surface area contributed by atoms with Crippen molar-refractivity contribution in [3.63, 3.8) is 0 Å². The highest BCUT2D eigenvalue weighted by molar-refractivity contribution is 6.07. The first kappa shape index (κ1) is 25.3. The van der Waals surface area contributed by atoms with Crippen molar-refractivity contribution in [2.75, 3.05) is 18.9 Å². The number of nitrogens with one attached hydrogen (secondary N) is 3. The molecule has 0 bridgehead atoms. The number of anilines is 1. The molecule has 2 unspecified atom stereocenters. The van der Waals surface area contributed by atoms with Gasteiger partial charge in [-0.25, -0.2) is 14.2 Å². The normalized spacial score (nSPS) is 24.0. The topological polar surface area (TPSA) is 120 Å². The lowest BCUT2D eigenvalue weighted by molar-refractivity contribution is -0.147. The van der Waals surface area contributed by atoms with Crippen molar-refractivity contribution in [2.24, 2.45) is 5.41 Å². The third-order valence-electron chi connectivity index (χ3n) is 7.20. The monoisotopic (exact) mass is 494 g/mol. The van der Waals surface area contributed by atoms with E-state index in [0.717, 1.165) is 17.7 Å². The van der Waals surface area contributed by atoms with Crippen LogP contribution in [0.25, 0.3) is 5.57 Å². The third kappa shape index (κ3) is 4.67. The number of hydrogen-bond acceptors (Lipinski definition) is 7. The second-order valence-corrected chi connectivity index (χ2v) is 9.14. The zero-order valence-electron chi connectivity index (χ0n) is 20.5. The molecule has 1 aliphatic carbocycles. The van der Waals surface area contributed by atoms with Crippen molar-refractivity contribution < 1.29 is 18.7 Å². The zero-order chi connectivity index (χ0) is 25.8. The van der Waals surface area contributed by atoms with Crippen LogP contribution in [0.1, 0.15) is 51.1 Å². The van der Waals surface area contributed by atoms with Gasteiger partial charge < -0.3 is 15.5 Å². The number of allylic oxidation sites excluding steroid dienone is 1. The van der Waals surface area contributed by atoms with Gasteiger partial charge in [0.25, 0.3) is 0 Å². The fraction of sp³-hybridized carbons (Fsp3) is 0.423. The summed E-state index contributed by atoms with van der Waals surface area (Å²) in [5.74, 6) is 0.774. The fourth-order valence-electron chi connectivity index (χ4n) is 5.23. The molecular weight excluding hydrogens is 463 g/mol. The summed E-state index contributed by atoms with van der Waals surface area (Å²) < 4.78 is 21.5. The summed E-state index contributed by atoms with van der Waals surface area (Å²) in [4.78, 5) is 35.7. The van der Waals surface area contributed by atoms with Crippen molar-refractivity contribution in [3.8, 4) is 11.5 Å². The van der Waals surface area contributed by atoms with Gasteiger partial charge in [-0.05, 0) is 43.9 Å². The number of likely N-dealkylation sites (tertiary alicyclic amines) is 1. The number of pyridine rings is 2. The van der Waals surface area contributed by atoms with Gasteiger partial charge in [0, 0.05) is 43.8 Å². The van der Waals surface area contributed by atoms with Gasteiger partial charge in [-0.2, -0.15) is 0 Å². The lowest BCUT2D eigenvalue weighted by atomic mass is 9.62. The largest absolute Gasteiger partial charge is 0.456 e. The number of rotatable bonds is 7. The Morgan fingerprint density at radius 1 is 1.22 bits per heavy atom. The number of nitrogens with zero attached hydrogens (tertiary/aromatic N) is 3. The van der Waals surface area contributed by atoms with Gasteiger partial charge in [0.05, 0.1) is 17.3 Å². The van der Waals surface area contributed by atoms with E-state index in [1.165, 1.54) is 12.4 Å². The number of alkyl halides is 1. The van der Waals surface area contributed by atoms with Crippen LogP contribution in [0.4, 0.5) is 15.0 Å². The number of urea groups is 1. The van der Waals surface area contributed by atoms with Gasteiger partial charge in [0.1, 0.15) is 23.0 Å². The second-order valence-electron chi connectivity index (χ2n) is 9.14. The molecule has 2 aliphatic rings. The van der Waals surface area contributed by atoms with Crippen LogP contribution in [-0.2, 0) is 4.79 Å². The Kier molecular flexibility index (Phi) is 7.32. The lowest BCUT2D eigenvalue weighted by Gasteiger charge is -2.44. The maximum Gasteiger partial charge on any atom is 0.329 e. The molecule has 2 atom stereocenters. The van der Waals surface area contributed by atoms with E-state index in [-0.39, 0.29) is 18.8 Å². The first-order valence-corrected chi connectivity index (χ1v) is 12.2. The molecule has 10 heteroatoms. The average Bonchev–Trinajstić information content (AvgIpc) is 3.23. The molecule has 2 fully saturated rings. The average molecular weight is 495 g/mol. The summed E-state index contributed by atoms with van der Waals surface area (Å²) in [7, 11) is 1.74. The molecule has 190 valence electrons. The molecule has 0 aromatic carbocycles. The summed E-state index contributed by atoms with van der Waals surface area (Å²) in [6.45, 7) is 1.97. The minimum absolute atomic E-state index is 0.196. The number of hydrogen-bond donors (Lipinski definition) is 3. The van der Waals surface area contributed by atoms with Gasteiger partial charge in [0.2, 0.25) is 5.91 Å². The third-order valence-corrected chi connectivity index (χ3v) is 7.20. The maximum atomic E-state index is 15.7. The van der Waals surface area contributed by atoms with Gasteiger partial charge in [-0.1, -0.05) is 19.8 Å². The smallest absolute Gasteiger partial charge is 0.329 e. The molecule has 3 amide bonds. The van der Waals surface area contributed by atoms with Gasteiger partial charge in [-0.15, -0.1) is 0 Å². The Morgan fingerprint density at radius 3 is 2.72 bits per heavy atom. The van der Waals surface area contributed by atoms with E-state index >= 15 is 4.39 Å². The van der Waals surface area contributed by atoms with Crippen molar-refractivity contribution in [2.45, 2.75) is 51.1 Å². The number of aromatic nitrogens is 2. The van der Waals surface area contributed by atoms with E-state index in [0.29, 0.717) is 42.0 Å². The Morgan fingerprint density at radius 2 is 2.03 bits per heavy atom. The fourth-order valence-corrected chi connectivity index (χ4v) is 5.23. The van der Waals surface area contributed by atoms with Crippen molar-refractivity contribution in [1.82, 2.24) is 20.2 Å². The second kappa shape index (κ2) is 10.4. The SMILES string of the molecule is CCC1(F)CCCCC12CCN(C(=O)Nc1ccc(Oc3ccnc(/C(C=N)=C/NC)c3)cn1)C2=O. The minimum atomic E-state index is -1.57. The molecule has 1 saturated carbocycles. The predicted molar refractivity (Wildman–Crippen MR) is 135 cm³/mol. The highest BCUT2D eigenvalue weighted by atomic mass is 19.1. The van der Waals surface area contributed by atoms with Crippen molar-refractivity contribution in [1.29, 1.82) is 5.41 Å². The van der Waals surface area contributed by atoms with Crippen molar-refractivity contribution >= 4 is 29.5 Å². The van der Waals surface area contributed by atoms with E-state index < -0.39 is 23.0 Å². The van der Waals surface area contributed by atoms with Crippen LogP contribution >= 0.6 is 0 Å². The predicted octanol–water partition coefficient (Wildman–Crippen LogP) is 4.92. The van der Waals surface area contributed by atoms with Crippen LogP contribution in [0.15, 0.2) is 42.9 Å². The standard InChI is InChI=1S/C26H31FN6O3/c1-3-26(27)10-5-4-9-25(26)11-13-33(23(25)34)24(35)32-22-7-6-20(17-31-22)36-19-8-12-30-21(14-19)18(15-28)16-29-2/h6-8,12,14-17,28-29H,3-5,9-11,13H2,1-2H3,(H,31,32,35)/b18-16+,28-15?. The number of imide groups is 1. The highest BCUT2D eigenvalue weighted by Crippen LogP contribution is 2.54. The highest BCUT2D eigenvalue weighted by Gasteiger charge is 2.62. The molecule has 2 aromatic rings. The molecule has 36 heavy (non-hydrogen) atoms. The summed E-state index contributed by atoms with van der Waals surface area (Å²) in [5, 5.41) is 13.0. The number of carbonyl (C=O) groups excluding carboxylic acids is 2. The lowest BCUT2D eigenvalue weighted by Crippen LogP contribution is -2.53. The van der Waals surface area contributed by atoms with Gasteiger partial charge in [-0.3, -0.25) is 20.0 Å². The van der Waals surface area contributed by atoms with Crippen LogP contribution in [0, 0.1) is 10.8 Å². The Labute approximate surface area is 209 Å². The molecule has 3 N–H and O–H groups in total. The number of ether oxygens (including phenoxy) is 1. The molecule has 1 saturated heterocycles. The van der Waals surface area contributed by atoms with E-state index in [1.54, 1.807) is 50.6 Å². The molecule has 9 nitrogen and oxygen atoms in total.